The third-order valence-electron chi connectivity index (χ3n) is 5.06. The number of carbonyl (C=O) groups excluding carboxylic acids is 2. The molecule has 4 fully saturated rings. The molecule has 0 bridgehead atoms. The average Bonchev–Trinajstić information content (AvgIpc) is 3.36. The van der Waals surface area contributed by atoms with Crippen molar-refractivity contribution in [3.63, 3.8) is 0 Å². The SMILES string of the molecule is CC1(C)C(=O)N(CCN(CC2CO2)CC2CO2)C(=O)N1CC1CO1. The van der Waals surface area contributed by atoms with E-state index in [4.69, 9.17) is 14.2 Å². The van der Waals surface area contributed by atoms with Crippen LogP contribution >= 0.6 is 0 Å². The third-order valence-corrected chi connectivity index (χ3v) is 5.06. The van der Waals surface area contributed by atoms with Gasteiger partial charge in [-0.15, -0.1) is 0 Å². The van der Waals surface area contributed by atoms with Crippen molar-refractivity contribution >= 4 is 11.9 Å². The molecule has 0 aromatic heterocycles. The van der Waals surface area contributed by atoms with Crippen molar-refractivity contribution in [3.8, 4) is 0 Å². The van der Waals surface area contributed by atoms with Crippen molar-refractivity contribution in [3.05, 3.63) is 0 Å². The molecule has 3 amide bonds. The molecule has 0 aromatic rings. The Hall–Kier alpha value is -1.22. The van der Waals surface area contributed by atoms with E-state index < -0.39 is 5.54 Å². The molecule has 0 N–H and O–H groups in total. The van der Waals surface area contributed by atoms with E-state index in [2.05, 4.69) is 4.90 Å². The first-order valence-corrected chi connectivity index (χ1v) is 8.66. The number of hydrogen-bond donors (Lipinski definition) is 0. The lowest BCUT2D eigenvalue weighted by Crippen LogP contribution is -2.46. The first-order chi connectivity index (χ1) is 11.4. The predicted molar refractivity (Wildman–Crippen MR) is 83.6 cm³/mol. The van der Waals surface area contributed by atoms with Crippen LogP contribution in [0.25, 0.3) is 0 Å². The summed E-state index contributed by atoms with van der Waals surface area (Å²) < 4.78 is 15.8. The number of rotatable bonds is 9. The van der Waals surface area contributed by atoms with Crippen LogP contribution in [-0.4, -0.2) is 103 Å². The average molecular weight is 339 g/mol. The maximum atomic E-state index is 12.7. The van der Waals surface area contributed by atoms with Crippen LogP contribution in [0.15, 0.2) is 0 Å². The van der Waals surface area contributed by atoms with Crippen molar-refractivity contribution in [2.45, 2.75) is 37.7 Å². The fourth-order valence-corrected chi connectivity index (χ4v) is 3.22. The number of imide groups is 1. The lowest BCUT2D eigenvalue weighted by atomic mass is 10.0. The van der Waals surface area contributed by atoms with E-state index in [1.807, 2.05) is 13.8 Å². The molecule has 4 rings (SSSR count). The number of hydrogen-bond acceptors (Lipinski definition) is 6. The van der Waals surface area contributed by atoms with Gasteiger partial charge in [-0.3, -0.25) is 14.6 Å². The van der Waals surface area contributed by atoms with Gasteiger partial charge in [0.2, 0.25) is 0 Å². The maximum Gasteiger partial charge on any atom is 0.327 e. The molecule has 4 aliphatic heterocycles. The summed E-state index contributed by atoms with van der Waals surface area (Å²) in [6.45, 7) is 9.10. The second-order valence-corrected chi connectivity index (χ2v) is 7.53. The van der Waals surface area contributed by atoms with Crippen LogP contribution in [0.1, 0.15) is 13.8 Å². The molecule has 4 saturated heterocycles. The second-order valence-electron chi connectivity index (χ2n) is 7.53. The molecule has 0 aromatic carbocycles. The van der Waals surface area contributed by atoms with Gasteiger partial charge >= 0.3 is 6.03 Å². The van der Waals surface area contributed by atoms with Crippen LogP contribution in [0.4, 0.5) is 4.79 Å². The Balaban J connectivity index is 1.36. The zero-order chi connectivity index (χ0) is 16.9. The molecule has 3 unspecified atom stereocenters. The largest absolute Gasteiger partial charge is 0.372 e. The van der Waals surface area contributed by atoms with E-state index in [0.717, 1.165) is 26.3 Å². The van der Waals surface area contributed by atoms with Gasteiger partial charge in [-0.2, -0.15) is 0 Å². The Kier molecular flexibility index (Phi) is 4.03. The highest BCUT2D eigenvalue weighted by atomic mass is 16.6. The summed E-state index contributed by atoms with van der Waals surface area (Å²) >= 11 is 0. The smallest absolute Gasteiger partial charge is 0.327 e. The summed E-state index contributed by atoms with van der Waals surface area (Å²) in [5.41, 5.74) is -0.799. The summed E-state index contributed by atoms with van der Waals surface area (Å²) in [7, 11) is 0. The summed E-state index contributed by atoms with van der Waals surface area (Å²) in [5, 5.41) is 0. The number of epoxide rings is 3. The predicted octanol–water partition coefficient (Wildman–Crippen LogP) is -0.472. The first kappa shape index (κ1) is 16.3. The van der Waals surface area contributed by atoms with Gasteiger partial charge in [0.1, 0.15) is 5.54 Å². The van der Waals surface area contributed by atoms with Crippen LogP contribution in [0.5, 0.6) is 0 Å². The summed E-state index contributed by atoms with van der Waals surface area (Å²) in [5.74, 6) is -0.126. The van der Waals surface area contributed by atoms with Gasteiger partial charge in [0.05, 0.1) is 44.7 Å². The number of ether oxygens (including phenoxy) is 3. The van der Waals surface area contributed by atoms with Crippen molar-refractivity contribution in [2.75, 3.05) is 52.5 Å². The van der Waals surface area contributed by atoms with Crippen LogP contribution < -0.4 is 0 Å². The first-order valence-electron chi connectivity index (χ1n) is 8.66. The quantitative estimate of drug-likeness (QED) is 0.417. The van der Waals surface area contributed by atoms with E-state index >= 15 is 0 Å². The van der Waals surface area contributed by atoms with Crippen molar-refractivity contribution in [2.24, 2.45) is 0 Å². The molecule has 4 aliphatic rings. The van der Waals surface area contributed by atoms with Crippen LogP contribution in [0, 0.1) is 0 Å². The fourth-order valence-electron chi connectivity index (χ4n) is 3.22. The van der Waals surface area contributed by atoms with Crippen LogP contribution in [0.2, 0.25) is 0 Å². The van der Waals surface area contributed by atoms with Gasteiger partial charge in [0.25, 0.3) is 5.91 Å². The molecule has 0 saturated carbocycles. The van der Waals surface area contributed by atoms with Gasteiger partial charge < -0.3 is 19.1 Å². The van der Waals surface area contributed by atoms with Crippen molar-refractivity contribution in [1.82, 2.24) is 14.7 Å². The zero-order valence-corrected chi connectivity index (χ0v) is 14.3. The monoisotopic (exact) mass is 339 g/mol. The number of urea groups is 1. The molecule has 8 nitrogen and oxygen atoms in total. The summed E-state index contributed by atoms with van der Waals surface area (Å²) in [6, 6.07) is -0.203. The summed E-state index contributed by atoms with van der Waals surface area (Å²) in [6.07, 6.45) is 0.652. The molecular formula is C16H25N3O5. The molecule has 8 heteroatoms. The Morgan fingerprint density at radius 2 is 1.58 bits per heavy atom. The standard InChI is InChI=1S/C16H25N3O5/c1-16(2)14(20)18(15(21)19(16)7-13-10-24-13)4-3-17(5-11-8-22-11)6-12-9-23-12/h11-13H,3-10H2,1-2H3. The third kappa shape index (κ3) is 3.42. The molecule has 4 heterocycles. The van der Waals surface area contributed by atoms with E-state index in [9.17, 15) is 9.59 Å². The van der Waals surface area contributed by atoms with Crippen molar-refractivity contribution < 1.29 is 23.8 Å². The topological polar surface area (TPSA) is 81.5 Å². The maximum absolute atomic E-state index is 12.7. The number of carbonyl (C=O) groups is 2. The Morgan fingerprint density at radius 3 is 2.08 bits per heavy atom. The van der Waals surface area contributed by atoms with Crippen molar-refractivity contribution in [1.29, 1.82) is 0 Å². The molecular weight excluding hydrogens is 314 g/mol. The highest BCUT2D eigenvalue weighted by molar-refractivity contribution is 6.06. The molecule has 24 heavy (non-hydrogen) atoms. The highest BCUT2D eigenvalue weighted by Crippen LogP contribution is 2.29. The minimum atomic E-state index is -0.799. The minimum absolute atomic E-state index is 0.0801. The lowest BCUT2D eigenvalue weighted by Gasteiger charge is -2.26. The molecule has 134 valence electrons. The fraction of sp³-hybridized carbons (Fsp3) is 0.875. The van der Waals surface area contributed by atoms with E-state index in [-0.39, 0.29) is 30.3 Å². The summed E-state index contributed by atoms with van der Waals surface area (Å²) in [4.78, 5) is 30.6. The molecule has 3 atom stereocenters. The Bertz CT molecular complexity index is 514. The molecule has 0 radical (unpaired) electrons. The molecule has 0 aliphatic carbocycles. The highest BCUT2D eigenvalue weighted by Gasteiger charge is 2.52. The van der Waals surface area contributed by atoms with Gasteiger partial charge in [-0.25, -0.2) is 4.79 Å². The van der Waals surface area contributed by atoms with E-state index in [1.54, 1.807) is 4.90 Å². The van der Waals surface area contributed by atoms with E-state index in [1.165, 1.54) is 4.90 Å². The number of nitrogens with zero attached hydrogens (tertiary/aromatic N) is 3. The van der Waals surface area contributed by atoms with E-state index in [0.29, 0.717) is 26.2 Å². The molecule has 0 spiro atoms. The normalized spacial score (nSPS) is 33.5. The van der Waals surface area contributed by atoms with Gasteiger partial charge in [0.15, 0.2) is 0 Å². The van der Waals surface area contributed by atoms with Gasteiger partial charge in [0, 0.05) is 26.2 Å². The zero-order valence-electron chi connectivity index (χ0n) is 14.3. The van der Waals surface area contributed by atoms with Gasteiger partial charge in [-0.05, 0) is 13.8 Å². The number of amides is 3. The Morgan fingerprint density at radius 1 is 1.04 bits per heavy atom. The van der Waals surface area contributed by atoms with Crippen LogP contribution in [0.3, 0.4) is 0 Å². The second kappa shape index (κ2) is 5.94. The minimum Gasteiger partial charge on any atom is -0.372 e. The Labute approximate surface area is 141 Å². The lowest BCUT2D eigenvalue weighted by molar-refractivity contribution is -0.132. The van der Waals surface area contributed by atoms with Gasteiger partial charge in [-0.1, -0.05) is 0 Å². The van der Waals surface area contributed by atoms with Crippen LogP contribution in [-0.2, 0) is 19.0 Å².